The molecule has 74 valence electrons. The van der Waals surface area contributed by atoms with E-state index < -0.39 is 0 Å². The van der Waals surface area contributed by atoms with Gasteiger partial charge in [-0.3, -0.25) is 4.79 Å². The Bertz CT molecular complexity index is 317. The molecule has 0 amide bonds. The minimum absolute atomic E-state index is 0.0492. The lowest BCUT2D eigenvalue weighted by Crippen LogP contribution is -1.98. The van der Waals surface area contributed by atoms with Crippen molar-refractivity contribution in [3.8, 4) is 0 Å². The minimum atomic E-state index is -0.352. The number of ketones is 1. The molecule has 0 aliphatic heterocycles. The molecule has 0 aliphatic rings. The Balaban J connectivity index is 2.52. The zero-order valence-corrected chi connectivity index (χ0v) is 7.70. The molecule has 2 nitrogen and oxygen atoms in total. The van der Waals surface area contributed by atoms with E-state index in [1.54, 1.807) is 0 Å². The number of hydrogen-bond acceptors (Lipinski definition) is 2. The van der Waals surface area contributed by atoms with Crippen LogP contribution in [0.25, 0.3) is 0 Å². The highest BCUT2D eigenvalue weighted by molar-refractivity contribution is 5.96. The van der Waals surface area contributed by atoms with Crippen molar-refractivity contribution in [1.82, 2.24) is 0 Å². The van der Waals surface area contributed by atoms with Crippen LogP contribution in [0.3, 0.4) is 0 Å². The smallest absolute Gasteiger partial charge is 0.162 e. The molecule has 0 spiro atoms. The molecule has 0 heterocycles. The highest BCUT2D eigenvalue weighted by atomic mass is 19.1. The highest BCUT2D eigenvalue weighted by Crippen LogP contribution is 2.07. The van der Waals surface area contributed by atoms with E-state index in [2.05, 4.69) is 0 Å². The summed E-state index contributed by atoms with van der Waals surface area (Å²) in [5.41, 5.74) is 0.497. The topological polar surface area (TPSA) is 34.1 Å². The third-order valence-corrected chi connectivity index (χ3v) is 1.89. The molecule has 14 heavy (non-hydrogen) atoms. The van der Waals surface area contributed by atoms with Crippen LogP contribution < -0.4 is 0 Å². The predicted molar refractivity (Wildman–Crippen MR) is 50.6 cm³/mol. The van der Waals surface area contributed by atoms with Gasteiger partial charge in [-0.25, -0.2) is 4.39 Å². The van der Waals surface area contributed by atoms with Gasteiger partial charge in [-0.2, -0.15) is 0 Å². The van der Waals surface area contributed by atoms with Crippen LogP contribution in [0.1, 0.15) is 29.6 Å². The molecule has 0 N–H and O–H groups in total. The van der Waals surface area contributed by atoms with E-state index >= 15 is 0 Å². The molecule has 0 aromatic heterocycles. The van der Waals surface area contributed by atoms with Crippen LogP contribution in [0.15, 0.2) is 24.3 Å². The lowest BCUT2D eigenvalue weighted by atomic mass is 10.1. The monoisotopic (exact) mass is 194 g/mol. The third kappa shape index (κ3) is 3.09. The number of unbranched alkanes of at least 4 members (excludes halogenated alkanes) is 1. The second kappa shape index (κ2) is 5.27. The first-order valence-corrected chi connectivity index (χ1v) is 4.46. The summed E-state index contributed by atoms with van der Waals surface area (Å²) in [7, 11) is 0. The molecule has 0 unspecified atom stereocenters. The number of rotatable bonds is 5. The van der Waals surface area contributed by atoms with E-state index in [0.717, 1.165) is 6.29 Å². The summed E-state index contributed by atoms with van der Waals surface area (Å²) in [6.45, 7) is 0. The summed E-state index contributed by atoms with van der Waals surface area (Å²) >= 11 is 0. The summed E-state index contributed by atoms with van der Waals surface area (Å²) in [6, 6.07) is 5.43. The van der Waals surface area contributed by atoms with Crippen molar-refractivity contribution in [2.24, 2.45) is 0 Å². The van der Waals surface area contributed by atoms with Gasteiger partial charge in [0.25, 0.3) is 0 Å². The van der Waals surface area contributed by atoms with E-state index in [9.17, 15) is 14.0 Å². The van der Waals surface area contributed by atoms with E-state index in [0.29, 0.717) is 24.8 Å². The number of aldehydes is 1. The number of benzene rings is 1. The summed E-state index contributed by atoms with van der Waals surface area (Å²) in [6.07, 6.45) is 2.08. The van der Waals surface area contributed by atoms with Crippen LogP contribution in [0.5, 0.6) is 0 Å². The Kier molecular flexibility index (Phi) is 3.98. The van der Waals surface area contributed by atoms with Gasteiger partial charge in [-0.05, 0) is 30.7 Å². The Hall–Kier alpha value is -1.51. The van der Waals surface area contributed by atoms with Gasteiger partial charge in [-0.15, -0.1) is 0 Å². The molecule has 0 fully saturated rings. The van der Waals surface area contributed by atoms with E-state index in [1.807, 2.05) is 0 Å². The number of hydrogen-bond donors (Lipinski definition) is 0. The van der Waals surface area contributed by atoms with Crippen LogP contribution in [0.2, 0.25) is 0 Å². The lowest BCUT2D eigenvalue weighted by Gasteiger charge is -1.98. The first-order valence-electron chi connectivity index (χ1n) is 4.46. The molecule has 1 aromatic carbocycles. The number of Topliss-reactive ketones (excluding diaryl/α,β-unsaturated/α-hetero) is 1. The second-order valence-electron chi connectivity index (χ2n) is 2.99. The molecule has 1 aromatic rings. The quantitative estimate of drug-likeness (QED) is 0.409. The van der Waals surface area contributed by atoms with Crippen LogP contribution >= 0.6 is 0 Å². The molecule has 0 radical (unpaired) electrons. The first kappa shape index (κ1) is 10.6. The summed E-state index contributed by atoms with van der Waals surface area (Å²) in [5, 5.41) is 0. The first-order chi connectivity index (χ1) is 6.74. The molecular weight excluding hydrogens is 183 g/mol. The highest BCUT2D eigenvalue weighted by Gasteiger charge is 2.04. The molecule has 0 aliphatic carbocycles. The summed E-state index contributed by atoms with van der Waals surface area (Å²) in [4.78, 5) is 21.4. The van der Waals surface area contributed by atoms with Crippen molar-refractivity contribution in [2.45, 2.75) is 19.3 Å². The van der Waals surface area contributed by atoms with Crippen molar-refractivity contribution in [3.63, 3.8) is 0 Å². The lowest BCUT2D eigenvalue weighted by molar-refractivity contribution is -0.107. The maximum atomic E-state index is 12.5. The van der Waals surface area contributed by atoms with Crippen molar-refractivity contribution < 1.29 is 14.0 Å². The minimum Gasteiger partial charge on any atom is -0.303 e. The Morgan fingerprint density at radius 3 is 2.50 bits per heavy atom. The maximum Gasteiger partial charge on any atom is 0.162 e. The molecule has 0 atom stereocenters. The molecule has 0 saturated carbocycles. The van der Waals surface area contributed by atoms with Gasteiger partial charge in [0.2, 0.25) is 0 Å². The van der Waals surface area contributed by atoms with E-state index in [1.165, 1.54) is 24.3 Å². The Labute approximate surface area is 81.7 Å². The van der Waals surface area contributed by atoms with Crippen molar-refractivity contribution >= 4 is 12.1 Å². The maximum absolute atomic E-state index is 12.5. The number of carbonyl (C=O) groups is 2. The van der Waals surface area contributed by atoms with Crippen LogP contribution in [0, 0.1) is 5.82 Å². The van der Waals surface area contributed by atoms with Gasteiger partial charge in [-0.1, -0.05) is 0 Å². The van der Waals surface area contributed by atoms with Gasteiger partial charge in [0.05, 0.1) is 0 Å². The van der Waals surface area contributed by atoms with E-state index in [4.69, 9.17) is 0 Å². The SMILES string of the molecule is O=CCCCC(=O)c1ccc(F)cc1. The molecule has 0 saturated heterocycles. The van der Waals surface area contributed by atoms with Crippen LogP contribution in [0.4, 0.5) is 4.39 Å². The fourth-order valence-corrected chi connectivity index (χ4v) is 1.13. The standard InChI is InChI=1S/C11H11FO2/c12-10-6-4-9(5-7-10)11(14)3-1-2-8-13/h4-8H,1-3H2. The number of halogens is 1. The second-order valence-corrected chi connectivity index (χ2v) is 2.99. The normalized spacial score (nSPS) is 9.79. The predicted octanol–water partition coefficient (Wildman–Crippen LogP) is 2.38. The Morgan fingerprint density at radius 2 is 1.93 bits per heavy atom. The summed E-state index contributed by atoms with van der Waals surface area (Å²) < 4.78 is 12.5. The molecule has 3 heteroatoms. The fourth-order valence-electron chi connectivity index (χ4n) is 1.13. The van der Waals surface area contributed by atoms with Crippen molar-refractivity contribution in [1.29, 1.82) is 0 Å². The van der Waals surface area contributed by atoms with Crippen molar-refractivity contribution in [2.75, 3.05) is 0 Å². The van der Waals surface area contributed by atoms with Gasteiger partial charge < -0.3 is 4.79 Å². The van der Waals surface area contributed by atoms with Gasteiger partial charge in [0.15, 0.2) is 5.78 Å². The zero-order valence-electron chi connectivity index (χ0n) is 7.70. The Morgan fingerprint density at radius 1 is 1.29 bits per heavy atom. The zero-order chi connectivity index (χ0) is 10.4. The van der Waals surface area contributed by atoms with Gasteiger partial charge in [0, 0.05) is 18.4 Å². The van der Waals surface area contributed by atoms with Crippen LogP contribution in [-0.2, 0) is 4.79 Å². The summed E-state index contributed by atoms with van der Waals surface area (Å²) in [5.74, 6) is -0.402. The largest absolute Gasteiger partial charge is 0.303 e. The molecule has 1 rings (SSSR count). The average Bonchev–Trinajstić information content (AvgIpc) is 2.19. The van der Waals surface area contributed by atoms with Crippen molar-refractivity contribution in [3.05, 3.63) is 35.6 Å². The average molecular weight is 194 g/mol. The van der Waals surface area contributed by atoms with Crippen LogP contribution in [-0.4, -0.2) is 12.1 Å². The van der Waals surface area contributed by atoms with Gasteiger partial charge in [0.1, 0.15) is 12.1 Å². The third-order valence-electron chi connectivity index (χ3n) is 1.89. The van der Waals surface area contributed by atoms with E-state index in [-0.39, 0.29) is 11.6 Å². The number of carbonyl (C=O) groups excluding carboxylic acids is 2. The molecular formula is C11H11FO2. The van der Waals surface area contributed by atoms with Gasteiger partial charge >= 0.3 is 0 Å². The fraction of sp³-hybridized carbons (Fsp3) is 0.273. The molecule has 0 bridgehead atoms.